The molecule has 0 fully saturated rings. The standard InChI is InChI=1S/C16H12N2S/c1-18-15-12-8-5-9-14(12)19-16(13(15)10-17)11-6-3-2-4-7-11/h2-9,18H,1H3. The van der Waals surface area contributed by atoms with E-state index in [9.17, 15) is 5.26 Å². The number of rotatable bonds is 2. The highest BCUT2D eigenvalue weighted by atomic mass is 32.1. The van der Waals surface area contributed by atoms with Gasteiger partial charge in [0.1, 0.15) is 6.07 Å². The minimum Gasteiger partial charge on any atom is -0.386 e. The van der Waals surface area contributed by atoms with Crippen LogP contribution in [0.2, 0.25) is 0 Å². The smallest absolute Gasteiger partial charge is 0.103 e. The molecule has 0 aromatic heterocycles. The third kappa shape index (κ3) is 1.87. The molecule has 2 nitrogen and oxygen atoms in total. The first-order chi connectivity index (χ1) is 9.35. The number of nitriles is 1. The van der Waals surface area contributed by atoms with Crippen molar-refractivity contribution in [2.45, 2.75) is 0 Å². The Bertz CT molecular complexity index is 722. The third-order valence-corrected chi connectivity index (χ3v) is 4.35. The number of anilines is 1. The van der Waals surface area contributed by atoms with Gasteiger partial charge in [0.05, 0.1) is 16.1 Å². The summed E-state index contributed by atoms with van der Waals surface area (Å²) in [5, 5.41) is 12.7. The molecule has 1 aromatic carbocycles. The van der Waals surface area contributed by atoms with Crippen LogP contribution in [0.25, 0.3) is 20.9 Å². The molecular formula is C16H12N2S. The first kappa shape index (κ1) is 11.8. The summed E-state index contributed by atoms with van der Waals surface area (Å²) in [5.41, 5.74) is 3.84. The van der Waals surface area contributed by atoms with Gasteiger partial charge in [0.2, 0.25) is 0 Å². The van der Waals surface area contributed by atoms with Gasteiger partial charge in [0, 0.05) is 17.5 Å². The minimum absolute atomic E-state index is 0.720. The van der Waals surface area contributed by atoms with Gasteiger partial charge in [-0.05, 0) is 11.6 Å². The maximum absolute atomic E-state index is 9.51. The van der Waals surface area contributed by atoms with Gasteiger partial charge in [-0.25, -0.2) is 0 Å². The van der Waals surface area contributed by atoms with Crippen molar-refractivity contribution in [3.63, 3.8) is 0 Å². The lowest BCUT2D eigenvalue weighted by atomic mass is 10.1. The number of benzene rings is 1. The van der Waals surface area contributed by atoms with Gasteiger partial charge in [-0.1, -0.05) is 42.5 Å². The Morgan fingerprint density at radius 3 is 2.53 bits per heavy atom. The van der Waals surface area contributed by atoms with Crippen LogP contribution < -0.4 is 5.32 Å². The van der Waals surface area contributed by atoms with Crippen molar-refractivity contribution in [2.24, 2.45) is 0 Å². The highest BCUT2D eigenvalue weighted by Crippen LogP contribution is 2.44. The summed E-state index contributed by atoms with van der Waals surface area (Å²) < 4.78 is 0. The highest BCUT2D eigenvalue weighted by molar-refractivity contribution is 7.18. The molecule has 19 heavy (non-hydrogen) atoms. The van der Waals surface area contributed by atoms with Crippen molar-refractivity contribution in [3.05, 3.63) is 54.1 Å². The molecule has 0 radical (unpaired) electrons. The molecule has 3 rings (SSSR count). The van der Waals surface area contributed by atoms with Crippen molar-refractivity contribution in [2.75, 3.05) is 12.4 Å². The van der Waals surface area contributed by atoms with Crippen LogP contribution in [0.3, 0.4) is 0 Å². The monoisotopic (exact) mass is 264 g/mol. The van der Waals surface area contributed by atoms with E-state index < -0.39 is 0 Å². The van der Waals surface area contributed by atoms with Crippen LogP contribution in [0, 0.1) is 11.3 Å². The lowest BCUT2D eigenvalue weighted by molar-refractivity contribution is 1.46. The van der Waals surface area contributed by atoms with Gasteiger partial charge in [0.25, 0.3) is 0 Å². The Balaban J connectivity index is 2.37. The fourth-order valence-electron chi connectivity index (χ4n) is 2.27. The van der Waals surface area contributed by atoms with E-state index in [4.69, 9.17) is 0 Å². The van der Waals surface area contributed by atoms with Gasteiger partial charge in [-0.3, -0.25) is 0 Å². The molecule has 1 aliphatic heterocycles. The lowest BCUT2D eigenvalue weighted by Crippen LogP contribution is -1.96. The molecule has 0 bridgehead atoms. The van der Waals surface area contributed by atoms with Crippen LogP contribution in [0.5, 0.6) is 0 Å². The topological polar surface area (TPSA) is 35.8 Å². The summed E-state index contributed by atoms with van der Waals surface area (Å²) in [4.78, 5) is 2.22. The van der Waals surface area contributed by atoms with Gasteiger partial charge in [0.15, 0.2) is 0 Å². The Kier molecular flexibility index (Phi) is 2.94. The predicted molar refractivity (Wildman–Crippen MR) is 80.6 cm³/mol. The highest BCUT2D eigenvalue weighted by Gasteiger charge is 2.18. The second-order valence-corrected chi connectivity index (χ2v) is 5.26. The predicted octanol–water partition coefficient (Wildman–Crippen LogP) is 4.43. The number of nitrogens with one attached hydrogen (secondary N) is 1. The molecule has 1 heterocycles. The molecule has 92 valence electrons. The number of hydrogen-bond acceptors (Lipinski definition) is 3. The van der Waals surface area contributed by atoms with Gasteiger partial charge >= 0.3 is 0 Å². The quantitative estimate of drug-likeness (QED) is 0.743. The second-order valence-electron chi connectivity index (χ2n) is 4.21. The molecule has 0 atom stereocenters. The van der Waals surface area contributed by atoms with Crippen LogP contribution in [0.15, 0.2) is 48.5 Å². The molecule has 0 saturated carbocycles. The first-order valence-electron chi connectivity index (χ1n) is 6.04. The molecule has 1 N–H and O–H groups in total. The van der Waals surface area contributed by atoms with Gasteiger partial charge < -0.3 is 5.32 Å². The van der Waals surface area contributed by atoms with Crippen LogP contribution in [-0.4, -0.2) is 7.05 Å². The third-order valence-electron chi connectivity index (χ3n) is 3.13. The normalized spacial score (nSPS) is 10.3. The lowest BCUT2D eigenvalue weighted by Gasteiger charge is -2.14. The fourth-order valence-corrected chi connectivity index (χ4v) is 3.42. The molecule has 1 aromatic rings. The zero-order valence-corrected chi connectivity index (χ0v) is 11.3. The molecular weight excluding hydrogens is 252 g/mol. The summed E-state index contributed by atoms with van der Waals surface area (Å²) in [7, 11) is 1.86. The molecule has 0 saturated heterocycles. The van der Waals surface area contributed by atoms with Crippen molar-refractivity contribution >= 4 is 17.0 Å². The van der Waals surface area contributed by atoms with Crippen molar-refractivity contribution in [1.82, 2.24) is 0 Å². The molecule has 0 amide bonds. The van der Waals surface area contributed by atoms with E-state index in [-0.39, 0.29) is 0 Å². The average Bonchev–Trinajstić information content (AvgIpc) is 2.94. The summed E-state index contributed by atoms with van der Waals surface area (Å²) in [5.74, 6) is 0. The van der Waals surface area contributed by atoms with E-state index in [2.05, 4.69) is 17.5 Å². The number of hydrogen-bond donors (Lipinski definition) is 1. The van der Waals surface area contributed by atoms with Crippen LogP contribution in [0.4, 0.5) is 5.69 Å². The minimum atomic E-state index is 0.720. The number of nitrogens with zero attached hydrogens (tertiary/aromatic N) is 1. The Labute approximate surface area is 116 Å². The van der Waals surface area contributed by atoms with E-state index in [0.29, 0.717) is 0 Å². The Morgan fingerprint density at radius 2 is 1.84 bits per heavy atom. The maximum Gasteiger partial charge on any atom is 0.103 e. The molecule has 1 aliphatic carbocycles. The molecule has 0 spiro atoms. The van der Waals surface area contributed by atoms with E-state index in [1.165, 1.54) is 4.88 Å². The van der Waals surface area contributed by atoms with Gasteiger partial charge in [-0.2, -0.15) is 5.26 Å². The SMILES string of the molecule is CNc1c2cccc-2sc(-c2ccccc2)c1C#N. The molecule has 0 unspecified atom stereocenters. The summed E-state index contributed by atoms with van der Waals surface area (Å²) in [6, 6.07) is 18.6. The van der Waals surface area contributed by atoms with Crippen LogP contribution in [0.1, 0.15) is 5.56 Å². The van der Waals surface area contributed by atoms with E-state index in [0.717, 1.165) is 27.3 Å². The van der Waals surface area contributed by atoms with Crippen LogP contribution >= 0.6 is 11.3 Å². The first-order valence-corrected chi connectivity index (χ1v) is 6.85. The second kappa shape index (κ2) is 4.75. The van der Waals surface area contributed by atoms with Gasteiger partial charge in [-0.15, -0.1) is 11.3 Å². The van der Waals surface area contributed by atoms with Crippen molar-refractivity contribution in [3.8, 4) is 27.0 Å². The largest absolute Gasteiger partial charge is 0.386 e. The van der Waals surface area contributed by atoms with Crippen molar-refractivity contribution < 1.29 is 0 Å². The van der Waals surface area contributed by atoms with E-state index in [1.807, 2.05) is 49.5 Å². The Morgan fingerprint density at radius 1 is 1.05 bits per heavy atom. The number of fused-ring (bicyclic) bond motifs is 1. The zero-order chi connectivity index (χ0) is 13.2. The summed E-state index contributed by atoms with van der Waals surface area (Å²) >= 11 is 1.66. The average molecular weight is 264 g/mol. The zero-order valence-electron chi connectivity index (χ0n) is 10.5. The maximum atomic E-state index is 9.51. The molecule has 2 aliphatic rings. The van der Waals surface area contributed by atoms with Crippen molar-refractivity contribution in [1.29, 1.82) is 5.26 Å². The summed E-state index contributed by atoms with van der Waals surface area (Å²) in [6.45, 7) is 0. The fraction of sp³-hybridized carbons (Fsp3) is 0.0625. The summed E-state index contributed by atoms with van der Waals surface area (Å²) in [6.07, 6.45) is 0. The van der Waals surface area contributed by atoms with E-state index >= 15 is 0 Å². The van der Waals surface area contributed by atoms with Crippen LogP contribution in [-0.2, 0) is 0 Å². The Hall–Kier alpha value is -2.31. The molecule has 3 heteroatoms. The van der Waals surface area contributed by atoms with E-state index in [1.54, 1.807) is 11.3 Å².